The fourth-order valence-corrected chi connectivity index (χ4v) is 1.67. The van der Waals surface area contributed by atoms with Gasteiger partial charge in [-0.3, -0.25) is 0 Å². The molecule has 1 rings (SSSR count). The van der Waals surface area contributed by atoms with Crippen molar-refractivity contribution in [1.29, 1.82) is 0 Å². The molecule has 0 aliphatic rings. The van der Waals surface area contributed by atoms with Crippen LogP contribution in [0.25, 0.3) is 0 Å². The Morgan fingerprint density at radius 2 is 1.90 bits per heavy atom. The van der Waals surface area contributed by atoms with Crippen molar-refractivity contribution in [2.24, 2.45) is 0 Å². The average Bonchev–Trinajstić information content (AvgIpc) is 2.41. The Morgan fingerprint density at radius 1 is 1.29 bits per heavy atom. The van der Waals surface area contributed by atoms with Crippen LogP contribution >= 0.6 is 15.9 Å². The number of benzene rings is 1. The van der Waals surface area contributed by atoms with E-state index in [0.717, 1.165) is 0 Å². The van der Waals surface area contributed by atoms with E-state index >= 15 is 0 Å². The monoisotopic (exact) mass is 370 g/mol. The van der Waals surface area contributed by atoms with Crippen molar-refractivity contribution in [2.45, 2.75) is 18.7 Å². The van der Waals surface area contributed by atoms with Gasteiger partial charge >= 0.3 is 12.1 Å². The van der Waals surface area contributed by atoms with Crippen LogP contribution in [0, 0.1) is 0 Å². The van der Waals surface area contributed by atoms with Crippen LogP contribution in [0.4, 0.5) is 13.2 Å². The number of alkyl halides is 4. The molecule has 0 aliphatic carbocycles. The highest BCUT2D eigenvalue weighted by Gasteiger charge is 2.31. The number of carbonyl (C=O) groups is 1. The highest BCUT2D eigenvalue weighted by molar-refractivity contribution is 9.09. The Bertz CT molecular complexity index is 448. The Balaban J connectivity index is 2.60. The van der Waals surface area contributed by atoms with E-state index in [2.05, 4.69) is 20.7 Å². The average molecular weight is 371 g/mol. The van der Waals surface area contributed by atoms with Gasteiger partial charge in [0.25, 0.3) is 0 Å². The number of carboxylic acids is 1. The van der Waals surface area contributed by atoms with E-state index in [9.17, 15) is 18.0 Å². The summed E-state index contributed by atoms with van der Waals surface area (Å²) >= 11 is 3.20. The topological polar surface area (TPSA) is 55.8 Å². The Labute approximate surface area is 128 Å². The van der Waals surface area contributed by atoms with E-state index in [1.807, 2.05) is 0 Å². The van der Waals surface area contributed by atoms with Crippen molar-refractivity contribution in [3.63, 3.8) is 0 Å². The largest absolute Gasteiger partial charge is 0.493 e. The van der Waals surface area contributed by atoms with E-state index in [4.69, 9.17) is 9.84 Å². The standard InChI is InChI=1S/C13H14BrF3O4/c14-5-6-20-10-3-1-9(2-4-10)7-11(12(18)19)21-8-13(15,16)17/h1-4,11H,5-8H2,(H,18,19). The molecular weight excluding hydrogens is 357 g/mol. The maximum atomic E-state index is 12.1. The highest BCUT2D eigenvalue weighted by atomic mass is 79.9. The number of aliphatic carboxylic acids is 1. The van der Waals surface area contributed by atoms with Gasteiger partial charge in [0.15, 0.2) is 6.10 Å². The summed E-state index contributed by atoms with van der Waals surface area (Å²) in [7, 11) is 0. The zero-order valence-electron chi connectivity index (χ0n) is 10.9. The maximum Gasteiger partial charge on any atom is 0.411 e. The van der Waals surface area contributed by atoms with E-state index in [-0.39, 0.29) is 6.42 Å². The molecule has 0 saturated carbocycles. The van der Waals surface area contributed by atoms with Crippen LogP contribution in [0.5, 0.6) is 5.75 Å². The number of carboxylic acid groups (broad SMARTS) is 1. The van der Waals surface area contributed by atoms with Gasteiger partial charge in [0.2, 0.25) is 0 Å². The normalized spacial score (nSPS) is 13.0. The van der Waals surface area contributed by atoms with Crippen molar-refractivity contribution < 1.29 is 32.5 Å². The summed E-state index contributed by atoms with van der Waals surface area (Å²) in [6.45, 7) is -1.11. The van der Waals surface area contributed by atoms with Crippen molar-refractivity contribution in [3.8, 4) is 5.75 Å². The molecule has 0 radical (unpaired) electrons. The smallest absolute Gasteiger partial charge is 0.411 e. The minimum Gasteiger partial charge on any atom is -0.493 e. The van der Waals surface area contributed by atoms with E-state index in [1.54, 1.807) is 24.3 Å². The summed E-state index contributed by atoms with van der Waals surface area (Å²) in [6.07, 6.45) is -6.24. The number of ether oxygens (including phenoxy) is 2. The first-order valence-electron chi connectivity index (χ1n) is 6.00. The molecule has 1 unspecified atom stereocenters. The SMILES string of the molecule is O=C(O)C(Cc1ccc(OCCBr)cc1)OCC(F)(F)F. The molecule has 0 aromatic heterocycles. The molecule has 8 heteroatoms. The maximum absolute atomic E-state index is 12.1. The molecule has 1 aromatic rings. The molecule has 118 valence electrons. The lowest BCUT2D eigenvalue weighted by Gasteiger charge is -2.15. The number of hydrogen-bond acceptors (Lipinski definition) is 3. The van der Waals surface area contributed by atoms with Gasteiger partial charge in [-0.2, -0.15) is 13.2 Å². The third-order valence-corrected chi connectivity index (χ3v) is 2.74. The molecule has 4 nitrogen and oxygen atoms in total. The molecule has 0 saturated heterocycles. The molecule has 0 fully saturated rings. The quantitative estimate of drug-likeness (QED) is 0.714. The summed E-state index contributed by atoms with van der Waals surface area (Å²) < 4.78 is 45.9. The lowest BCUT2D eigenvalue weighted by Crippen LogP contribution is -2.31. The Morgan fingerprint density at radius 3 is 2.38 bits per heavy atom. The van der Waals surface area contributed by atoms with Gasteiger partial charge in [0, 0.05) is 11.8 Å². The van der Waals surface area contributed by atoms with Crippen LogP contribution in [0.2, 0.25) is 0 Å². The zero-order chi connectivity index (χ0) is 15.9. The Hall–Kier alpha value is -1.28. The summed E-state index contributed by atoms with van der Waals surface area (Å²) in [6, 6.07) is 6.44. The van der Waals surface area contributed by atoms with Gasteiger partial charge < -0.3 is 14.6 Å². The molecule has 1 N–H and O–H groups in total. The van der Waals surface area contributed by atoms with Gasteiger partial charge in [-0.25, -0.2) is 4.79 Å². The summed E-state index contributed by atoms with van der Waals surface area (Å²) in [4.78, 5) is 10.9. The first-order valence-corrected chi connectivity index (χ1v) is 7.13. The van der Waals surface area contributed by atoms with Gasteiger partial charge in [-0.05, 0) is 17.7 Å². The minimum absolute atomic E-state index is 0.149. The molecule has 1 aromatic carbocycles. The van der Waals surface area contributed by atoms with E-state index < -0.39 is 24.9 Å². The Kier molecular flexibility index (Phi) is 6.97. The third kappa shape index (κ3) is 7.33. The third-order valence-electron chi connectivity index (χ3n) is 2.41. The van der Waals surface area contributed by atoms with E-state index in [1.165, 1.54) is 0 Å². The van der Waals surface area contributed by atoms with Crippen molar-refractivity contribution in [1.82, 2.24) is 0 Å². The predicted octanol–water partition coefficient (Wildman–Crippen LogP) is 3.03. The second-order valence-corrected chi connectivity index (χ2v) is 4.93. The van der Waals surface area contributed by atoms with Gasteiger partial charge in [0.1, 0.15) is 12.4 Å². The first kappa shape index (κ1) is 17.8. The van der Waals surface area contributed by atoms with E-state index in [0.29, 0.717) is 23.2 Å². The van der Waals surface area contributed by atoms with Crippen molar-refractivity contribution in [2.75, 3.05) is 18.5 Å². The summed E-state index contributed by atoms with van der Waals surface area (Å²) in [5.41, 5.74) is 0.552. The van der Waals surface area contributed by atoms with Crippen LogP contribution in [0.3, 0.4) is 0 Å². The summed E-state index contributed by atoms with van der Waals surface area (Å²) in [5.74, 6) is -0.833. The van der Waals surface area contributed by atoms with Gasteiger partial charge in [-0.1, -0.05) is 28.1 Å². The van der Waals surface area contributed by atoms with Crippen LogP contribution in [0.1, 0.15) is 5.56 Å². The van der Waals surface area contributed by atoms with Gasteiger partial charge in [-0.15, -0.1) is 0 Å². The van der Waals surface area contributed by atoms with Crippen LogP contribution < -0.4 is 4.74 Å². The number of hydrogen-bond donors (Lipinski definition) is 1. The number of halogens is 4. The second kappa shape index (κ2) is 8.23. The van der Waals surface area contributed by atoms with Gasteiger partial charge in [0.05, 0.1) is 6.61 Å². The molecule has 0 bridgehead atoms. The van der Waals surface area contributed by atoms with Crippen LogP contribution in [-0.2, 0) is 16.0 Å². The lowest BCUT2D eigenvalue weighted by molar-refractivity contribution is -0.192. The van der Waals surface area contributed by atoms with Crippen molar-refractivity contribution in [3.05, 3.63) is 29.8 Å². The second-order valence-electron chi connectivity index (χ2n) is 4.14. The van der Waals surface area contributed by atoms with Crippen LogP contribution in [-0.4, -0.2) is 41.9 Å². The molecule has 0 amide bonds. The minimum atomic E-state index is -4.55. The zero-order valence-corrected chi connectivity index (χ0v) is 12.5. The van der Waals surface area contributed by atoms with Crippen molar-refractivity contribution >= 4 is 21.9 Å². The summed E-state index contributed by atoms with van der Waals surface area (Å²) in [5, 5.41) is 9.55. The lowest BCUT2D eigenvalue weighted by atomic mass is 10.1. The van der Waals surface area contributed by atoms with Crippen LogP contribution in [0.15, 0.2) is 24.3 Å². The molecular formula is C13H14BrF3O4. The predicted molar refractivity (Wildman–Crippen MR) is 72.9 cm³/mol. The fraction of sp³-hybridized carbons (Fsp3) is 0.462. The molecule has 0 heterocycles. The molecule has 0 aliphatic heterocycles. The molecule has 0 spiro atoms. The highest BCUT2D eigenvalue weighted by Crippen LogP contribution is 2.18. The molecule has 1 atom stereocenters. The fourth-order valence-electron chi connectivity index (χ4n) is 1.50. The number of rotatable bonds is 8. The molecule has 21 heavy (non-hydrogen) atoms. The first-order chi connectivity index (χ1) is 9.81.